The van der Waals surface area contributed by atoms with E-state index >= 15 is 0 Å². The summed E-state index contributed by atoms with van der Waals surface area (Å²) in [5.41, 5.74) is 1.41. The lowest BCUT2D eigenvalue weighted by atomic mass is 10.2. The monoisotopic (exact) mass is 292 g/mol. The smallest absolute Gasteiger partial charge is 0.273 e. The van der Waals surface area contributed by atoms with Gasteiger partial charge in [0.05, 0.1) is 0 Å². The summed E-state index contributed by atoms with van der Waals surface area (Å²) in [6.07, 6.45) is 2.11. The van der Waals surface area contributed by atoms with Crippen LogP contribution in [0, 0.1) is 0 Å². The molecule has 20 heavy (non-hydrogen) atoms. The number of hydrogen-bond acceptors (Lipinski definition) is 5. The van der Waals surface area contributed by atoms with E-state index in [1.165, 1.54) is 0 Å². The van der Waals surface area contributed by atoms with Crippen LogP contribution in [-0.2, 0) is 4.74 Å². The Balaban J connectivity index is 1.57. The molecule has 2 heterocycles. The van der Waals surface area contributed by atoms with E-state index in [9.17, 15) is 4.79 Å². The summed E-state index contributed by atoms with van der Waals surface area (Å²) in [6, 6.07) is 3.73. The number of ether oxygens (including phenoxy) is 1. The van der Waals surface area contributed by atoms with Gasteiger partial charge in [-0.1, -0.05) is 5.16 Å². The zero-order valence-electron chi connectivity index (χ0n) is 11.2. The summed E-state index contributed by atoms with van der Waals surface area (Å²) in [6.45, 7) is 0.414. The Morgan fingerprint density at radius 1 is 1.65 bits per heavy atom. The number of hydrogen-bond donors (Lipinski definition) is 1. The van der Waals surface area contributed by atoms with Crippen LogP contribution in [0.3, 0.4) is 0 Å². The van der Waals surface area contributed by atoms with E-state index in [1.54, 1.807) is 24.5 Å². The molecule has 0 aromatic carbocycles. The van der Waals surface area contributed by atoms with Gasteiger partial charge in [0.1, 0.15) is 11.9 Å². The lowest BCUT2D eigenvalue weighted by Crippen LogP contribution is -2.29. The number of nitrogens with zero attached hydrogens (tertiary/aromatic N) is 1. The van der Waals surface area contributed by atoms with E-state index in [0.717, 1.165) is 24.2 Å². The molecule has 1 aliphatic carbocycles. The van der Waals surface area contributed by atoms with Crippen molar-refractivity contribution in [1.29, 1.82) is 0 Å². The number of carbonyl (C=O) groups is 1. The molecule has 1 aliphatic rings. The fraction of sp³-hybridized carbons (Fsp3) is 0.429. The Hall–Kier alpha value is -1.66. The van der Waals surface area contributed by atoms with E-state index in [0.29, 0.717) is 18.2 Å². The largest absolute Gasteiger partial charge is 0.375 e. The maximum Gasteiger partial charge on any atom is 0.273 e. The first-order valence-electron chi connectivity index (χ1n) is 6.57. The number of methoxy groups -OCH3 is 1. The van der Waals surface area contributed by atoms with Crippen LogP contribution >= 0.6 is 11.3 Å². The van der Waals surface area contributed by atoms with Crippen LogP contribution in [0.1, 0.15) is 46.7 Å². The maximum atomic E-state index is 12.0. The Kier molecular flexibility index (Phi) is 3.84. The molecule has 106 valence electrons. The molecular formula is C14H16N2O3S. The summed E-state index contributed by atoms with van der Waals surface area (Å²) in [4.78, 5) is 12.0. The fourth-order valence-corrected chi connectivity index (χ4v) is 2.73. The first kappa shape index (κ1) is 13.3. The molecule has 1 N–H and O–H groups in total. The number of amides is 1. The van der Waals surface area contributed by atoms with Gasteiger partial charge in [-0.3, -0.25) is 4.79 Å². The Bertz CT molecular complexity index is 575. The quantitative estimate of drug-likeness (QED) is 0.889. The van der Waals surface area contributed by atoms with Crippen molar-refractivity contribution >= 4 is 17.2 Å². The van der Waals surface area contributed by atoms with Gasteiger partial charge >= 0.3 is 0 Å². The molecule has 1 atom stereocenters. The Morgan fingerprint density at radius 3 is 3.15 bits per heavy atom. The van der Waals surface area contributed by atoms with Crippen molar-refractivity contribution in [3.63, 3.8) is 0 Å². The second-order valence-electron chi connectivity index (χ2n) is 4.88. The third-order valence-electron chi connectivity index (χ3n) is 3.39. The third kappa shape index (κ3) is 2.91. The van der Waals surface area contributed by atoms with Crippen LogP contribution in [0.4, 0.5) is 0 Å². The van der Waals surface area contributed by atoms with E-state index in [-0.39, 0.29) is 12.0 Å². The molecule has 3 rings (SSSR count). The normalized spacial score (nSPS) is 16.1. The van der Waals surface area contributed by atoms with Crippen LogP contribution in [0.2, 0.25) is 0 Å². The lowest BCUT2D eigenvalue weighted by molar-refractivity contribution is 0.0822. The molecule has 0 spiro atoms. The summed E-state index contributed by atoms with van der Waals surface area (Å²) in [7, 11) is 1.63. The maximum absolute atomic E-state index is 12.0. The Morgan fingerprint density at radius 2 is 2.50 bits per heavy atom. The molecule has 2 aromatic rings. The summed E-state index contributed by atoms with van der Waals surface area (Å²) in [5.74, 6) is 1.05. The molecular weight excluding hydrogens is 276 g/mol. The number of carbonyl (C=O) groups excluding carboxylic acids is 1. The van der Waals surface area contributed by atoms with Gasteiger partial charge in [-0.15, -0.1) is 0 Å². The Labute approximate surface area is 120 Å². The number of rotatable bonds is 6. The number of aromatic nitrogens is 1. The van der Waals surface area contributed by atoms with Crippen LogP contribution in [0.15, 0.2) is 27.4 Å². The summed E-state index contributed by atoms with van der Waals surface area (Å²) in [5, 5.41) is 10.7. The topological polar surface area (TPSA) is 64.4 Å². The van der Waals surface area contributed by atoms with Gasteiger partial charge in [0.25, 0.3) is 5.91 Å². The van der Waals surface area contributed by atoms with Crippen molar-refractivity contribution in [3.05, 3.63) is 39.9 Å². The van der Waals surface area contributed by atoms with E-state index in [1.807, 2.05) is 16.8 Å². The molecule has 6 heteroatoms. The SMILES string of the molecule is CO[C@H](CNC(=O)c1cc(C2CC2)on1)c1ccsc1. The molecule has 1 fully saturated rings. The molecule has 0 aliphatic heterocycles. The van der Waals surface area contributed by atoms with Crippen molar-refractivity contribution < 1.29 is 14.1 Å². The van der Waals surface area contributed by atoms with E-state index < -0.39 is 0 Å². The van der Waals surface area contributed by atoms with Gasteiger partial charge in [-0.2, -0.15) is 11.3 Å². The van der Waals surface area contributed by atoms with Gasteiger partial charge in [0.2, 0.25) is 0 Å². The van der Waals surface area contributed by atoms with E-state index in [2.05, 4.69) is 10.5 Å². The van der Waals surface area contributed by atoms with Gasteiger partial charge in [0.15, 0.2) is 5.69 Å². The van der Waals surface area contributed by atoms with Gasteiger partial charge in [-0.25, -0.2) is 0 Å². The number of thiophene rings is 1. The molecule has 5 nitrogen and oxygen atoms in total. The lowest BCUT2D eigenvalue weighted by Gasteiger charge is -2.14. The minimum Gasteiger partial charge on any atom is -0.375 e. The summed E-state index contributed by atoms with van der Waals surface area (Å²) >= 11 is 1.61. The zero-order chi connectivity index (χ0) is 13.9. The van der Waals surface area contributed by atoms with Crippen molar-refractivity contribution in [1.82, 2.24) is 10.5 Å². The highest BCUT2D eigenvalue weighted by Crippen LogP contribution is 2.40. The number of nitrogens with one attached hydrogen (secondary N) is 1. The van der Waals surface area contributed by atoms with Crippen molar-refractivity contribution in [3.8, 4) is 0 Å². The second kappa shape index (κ2) is 5.76. The molecule has 1 amide bonds. The summed E-state index contributed by atoms with van der Waals surface area (Å²) < 4.78 is 10.6. The fourth-order valence-electron chi connectivity index (χ4n) is 2.03. The molecule has 1 saturated carbocycles. The molecule has 0 saturated heterocycles. The van der Waals surface area contributed by atoms with Gasteiger partial charge in [0, 0.05) is 25.6 Å². The second-order valence-corrected chi connectivity index (χ2v) is 5.66. The first-order chi connectivity index (χ1) is 9.78. The molecule has 2 aromatic heterocycles. The van der Waals surface area contributed by atoms with Crippen LogP contribution in [-0.4, -0.2) is 24.7 Å². The molecule has 0 unspecified atom stereocenters. The predicted molar refractivity (Wildman–Crippen MR) is 74.9 cm³/mol. The van der Waals surface area contributed by atoms with Crippen LogP contribution < -0.4 is 5.32 Å². The van der Waals surface area contributed by atoms with Crippen molar-refractivity contribution in [2.45, 2.75) is 24.9 Å². The van der Waals surface area contributed by atoms with Crippen LogP contribution in [0.5, 0.6) is 0 Å². The highest BCUT2D eigenvalue weighted by atomic mass is 32.1. The van der Waals surface area contributed by atoms with Gasteiger partial charge in [-0.05, 0) is 35.2 Å². The average molecular weight is 292 g/mol. The zero-order valence-corrected chi connectivity index (χ0v) is 12.0. The first-order valence-corrected chi connectivity index (χ1v) is 7.52. The van der Waals surface area contributed by atoms with Crippen molar-refractivity contribution in [2.24, 2.45) is 0 Å². The van der Waals surface area contributed by atoms with Gasteiger partial charge < -0.3 is 14.6 Å². The van der Waals surface area contributed by atoms with Crippen LogP contribution in [0.25, 0.3) is 0 Å². The van der Waals surface area contributed by atoms with E-state index in [4.69, 9.17) is 9.26 Å². The predicted octanol–water partition coefficient (Wildman–Crippen LogP) is 2.73. The minimum absolute atomic E-state index is 0.139. The highest BCUT2D eigenvalue weighted by Gasteiger charge is 2.29. The minimum atomic E-state index is -0.224. The average Bonchev–Trinajstić information content (AvgIpc) is 2.97. The van der Waals surface area contributed by atoms with Crippen molar-refractivity contribution in [2.75, 3.05) is 13.7 Å². The highest BCUT2D eigenvalue weighted by molar-refractivity contribution is 7.07. The molecule has 0 bridgehead atoms. The standard InChI is InChI=1S/C14H16N2O3S/c1-18-13(10-4-5-20-8-10)7-15-14(17)11-6-12(19-16-11)9-2-3-9/h4-6,8-9,13H,2-3,7H2,1H3,(H,15,17)/t13-/m1/s1. The third-order valence-corrected chi connectivity index (χ3v) is 4.09. The molecule has 0 radical (unpaired) electrons.